The standard InChI is InChI=1S/C11H16F3N3OS/c12-11(13,14)9-16-17-10(19-9)15-5-7-3-1-2-4-8(7)6-18/h7-8,18H,1-6H2,(H,15,17). The Balaban J connectivity index is 1.89. The van der Waals surface area contributed by atoms with Crippen molar-refractivity contribution in [2.75, 3.05) is 18.5 Å². The van der Waals surface area contributed by atoms with Gasteiger partial charge in [-0.2, -0.15) is 13.2 Å². The number of alkyl halides is 3. The molecular weight excluding hydrogens is 279 g/mol. The molecule has 108 valence electrons. The molecule has 0 bridgehead atoms. The molecule has 1 heterocycles. The van der Waals surface area contributed by atoms with Gasteiger partial charge in [-0.3, -0.25) is 0 Å². The first-order valence-electron chi connectivity index (χ1n) is 6.26. The lowest BCUT2D eigenvalue weighted by atomic mass is 9.80. The third-order valence-electron chi connectivity index (χ3n) is 3.48. The van der Waals surface area contributed by atoms with Gasteiger partial charge in [0.05, 0.1) is 0 Å². The molecule has 1 aromatic heterocycles. The van der Waals surface area contributed by atoms with Gasteiger partial charge in [-0.15, -0.1) is 10.2 Å². The molecule has 0 aromatic carbocycles. The van der Waals surface area contributed by atoms with Crippen molar-refractivity contribution in [3.8, 4) is 0 Å². The van der Waals surface area contributed by atoms with E-state index < -0.39 is 11.2 Å². The highest BCUT2D eigenvalue weighted by Crippen LogP contribution is 2.34. The molecule has 1 aliphatic carbocycles. The van der Waals surface area contributed by atoms with Crippen molar-refractivity contribution in [2.24, 2.45) is 11.8 Å². The quantitative estimate of drug-likeness (QED) is 0.897. The number of hydrogen-bond acceptors (Lipinski definition) is 5. The number of anilines is 1. The number of hydrogen-bond donors (Lipinski definition) is 2. The number of nitrogens with one attached hydrogen (secondary N) is 1. The fraction of sp³-hybridized carbons (Fsp3) is 0.818. The van der Waals surface area contributed by atoms with Gasteiger partial charge in [-0.25, -0.2) is 0 Å². The molecule has 2 rings (SSSR count). The summed E-state index contributed by atoms with van der Waals surface area (Å²) in [6.07, 6.45) is -0.252. The van der Waals surface area contributed by atoms with E-state index in [0.717, 1.165) is 25.7 Å². The summed E-state index contributed by atoms with van der Waals surface area (Å²) in [7, 11) is 0. The van der Waals surface area contributed by atoms with E-state index in [9.17, 15) is 18.3 Å². The van der Waals surface area contributed by atoms with Gasteiger partial charge in [0.25, 0.3) is 0 Å². The second kappa shape index (κ2) is 6.04. The van der Waals surface area contributed by atoms with Crippen LogP contribution in [0.1, 0.15) is 30.7 Å². The molecule has 0 amide bonds. The van der Waals surface area contributed by atoms with Crippen molar-refractivity contribution in [2.45, 2.75) is 31.9 Å². The topological polar surface area (TPSA) is 58.0 Å². The second-order valence-corrected chi connectivity index (χ2v) is 5.76. The van der Waals surface area contributed by atoms with E-state index in [1.165, 1.54) is 0 Å². The highest BCUT2D eigenvalue weighted by Gasteiger charge is 2.35. The molecule has 1 aromatic rings. The molecule has 0 saturated heterocycles. The predicted octanol–water partition coefficient (Wildman–Crippen LogP) is 2.77. The molecule has 0 radical (unpaired) electrons. The Morgan fingerprint density at radius 3 is 2.47 bits per heavy atom. The van der Waals surface area contributed by atoms with Crippen LogP contribution >= 0.6 is 11.3 Å². The third-order valence-corrected chi connectivity index (χ3v) is 4.41. The summed E-state index contributed by atoms with van der Waals surface area (Å²) in [6.45, 7) is 0.675. The average molecular weight is 295 g/mol. The number of halogens is 3. The summed E-state index contributed by atoms with van der Waals surface area (Å²) in [6, 6.07) is 0. The van der Waals surface area contributed by atoms with Gasteiger partial charge in [0, 0.05) is 13.2 Å². The van der Waals surface area contributed by atoms with Crippen LogP contribution in [0.15, 0.2) is 0 Å². The number of aliphatic hydroxyl groups is 1. The predicted molar refractivity (Wildman–Crippen MR) is 65.9 cm³/mol. The Kier molecular flexibility index (Phi) is 4.62. The van der Waals surface area contributed by atoms with Crippen LogP contribution in [0, 0.1) is 11.8 Å². The van der Waals surface area contributed by atoms with Crippen molar-refractivity contribution < 1.29 is 18.3 Å². The normalized spacial score (nSPS) is 24.4. The van der Waals surface area contributed by atoms with E-state index in [0.29, 0.717) is 17.9 Å². The first-order valence-corrected chi connectivity index (χ1v) is 7.08. The zero-order valence-corrected chi connectivity index (χ0v) is 11.1. The lowest BCUT2D eigenvalue weighted by molar-refractivity contribution is -0.138. The smallest absolute Gasteiger partial charge is 0.396 e. The Hall–Kier alpha value is -0.890. The number of aliphatic hydroxyl groups excluding tert-OH is 1. The van der Waals surface area contributed by atoms with Gasteiger partial charge < -0.3 is 10.4 Å². The SMILES string of the molecule is OCC1CCCCC1CNc1nnc(C(F)(F)F)s1. The average Bonchev–Trinajstić information content (AvgIpc) is 2.85. The summed E-state index contributed by atoms with van der Waals surface area (Å²) in [5.41, 5.74) is 0. The molecular formula is C11H16F3N3OS. The van der Waals surface area contributed by atoms with Crippen LogP contribution in [-0.4, -0.2) is 28.5 Å². The minimum absolute atomic E-state index is 0.135. The maximum Gasteiger partial charge on any atom is 0.445 e. The molecule has 1 aliphatic rings. The molecule has 2 N–H and O–H groups in total. The maximum atomic E-state index is 12.4. The van der Waals surface area contributed by atoms with Crippen LogP contribution < -0.4 is 5.32 Å². The second-order valence-electron chi connectivity index (χ2n) is 4.78. The van der Waals surface area contributed by atoms with Crippen molar-refractivity contribution in [1.82, 2.24) is 10.2 Å². The summed E-state index contributed by atoms with van der Waals surface area (Å²) in [5.74, 6) is 0.522. The zero-order valence-electron chi connectivity index (χ0n) is 10.3. The van der Waals surface area contributed by atoms with Gasteiger partial charge in [0.2, 0.25) is 10.1 Å². The summed E-state index contributed by atoms with van der Waals surface area (Å²) in [4.78, 5) is 0. The Labute approximate surface area is 113 Å². The number of rotatable bonds is 4. The fourth-order valence-corrected chi connectivity index (χ4v) is 3.04. The lowest BCUT2D eigenvalue weighted by Gasteiger charge is -2.30. The van der Waals surface area contributed by atoms with Crippen molar-refractivity contribution in [1.29, 1.82) is 0 Å². The summed E-state index contributed by atoms with van der Waals surface area (Å²) in [5, 5.41) is 18.0. The van der Waals surface area contributed by atoms with Crippen molar-refractivity contribution in [3.63, 3.8) is 0 Å². The Morgan fingerprint density at radius 2 is 1.89 bits per heavy atom. The third kappa shape index (κ3) is 3.79. The van der Waals surface area contributed by atoms with Crippen molar-refractivity contribution >= 4 is 16.5 Å². The molecule has 0 aliphatic heterocycles. The van der Waals surface area contributed by atoms with Crippen LogP contribution in [0.2, 0.25) is 0 Å². The number of aromatic nitrogens is 2. The van der Waals surface area contributed by atoms with Gasteiger partial charge in [0.15, 0.2) is 0 Å². The summed E-state index contributed by atoms with van der Waals surface area (Å²) >= 11 is 0.516. The van der Waals surface area contributed by atoms with E-state index >= 15 is 0 Å². The largest absolute Gasteiger partial charge is 0.445 e. The highest BCUT2D eigenvalue weighted by molar-refractivity contribution is 7.15. The van der Waals surface area contributed by atoms with Crippen molar-refractivity contribution in [3.05, 3.63) is 5.01 Å². The maximum absolute atomic E-state index is 12.4. The minimum Gasteiger partial charge on any atom is -0.396 e. The van der Waals surface area contributed by atoms with Gasteiger partial charge >= 0.3 is 6.18 Å². The zero-order chi connectivity index (χ0) is 13.9. The van der Waals surface area contributed by atoms with Gasteiger partial charge in [-0.05, 0) is 24.7 Å². The Morgan fingerprint density at radius 1 is 1.21 bits per heavy atom. The van der Waals surface area contributed by atoms with E-state index in [1.54, 1.807) is 0 Å². The molecule has 2 atom stereocenters. The van der Waals surface area contributed by atoms with E-state index in [-0.39, 0.29) is 23.6 Å². The van der Waals surface area contributed by atoms with Crippen LogP contribution in [0.25, 0.3) is 0 Å². The van der Waals surface area contributed by atoms with Gasteiger partial charge in [-0.1, -0.05) is 24.2 Å². The fourth-order valence-electron chi connectivity index (χ4n) is 2.42. The number of nitrogens with zero attached hydrogens (tertiary/aromatic N) is 2. The monoisotopic (exact) mass is 295 g/mol. The van der Waals surface area contributed by atoms with E-state index in [4.69, 9.17) is 0 Å². The molecule has 1 saturated carbocycles. The van der Waals surface area contributed by atoms with E-state index in [1.807, 2.05) is 0 Å². The highest BCUT2D eigenvalue weighted by atomic mass is 32.1. The van der Waals surface area contributed by atoms with Crippen LogP contribution in [0.4, 0.5) is 18.3 Å². The minimum atomic E-state index is -4.43. The first-order chi connectivity index (χ1) is 9.00. The first kappa shape index (κ1) is 14.5. The molecule has 2 unspecified atom stereocenters. The molecule has 4 nitrogen and oxygen atoms in total. The molecule has 0 spiro atoms. The van der Waals surface area contributed by atoms with Gasteiger partial charge in [0.1, 0.15) is 0 Å². The molecule has 19 heavy (non-hydrogen) atoms. The molecule has 8 heteroatoms. The van der Waals surface area contributed by atoms with E-state index in [2.05, 4.69) is 15.5 Å². The van der Waals surface area contributed by atoms with Crippen LogP contribution in [0.5, 0.6) is 0 Å². The lowest BCUT2D eigenvalue weighted by Crippen LogP contribution is -2.28. The summed E-state index contributed by atoms with van der Waals surface area (Å²) < 4.78 is 37.1. The Bertz CT molecular complexity index is 410. The van der Waals surface area contributed by atoms with Crippen LogP contribution in [0.3, 0.4) is 0 Å². The van der Waals surface area contributed by atoms with Crippen LogP contribution in [-0.2, 0) is 6.18 Å². The molecule has 1 fully saturated rings.